The van der Waals surface area contributed by atoms with Crippen LogP contribution in [0.5, 0.6) is 0 Å². The van der Waals surface area contributed by atoms with Gasteiger partial charge in [0.15, 0.2) is 5.52 Å². The largest absolute Gasteiger partial charge is 0.295 e. The van der Waals surface area contributed by atoms with Gasteiger partial charge in [-0.25, -0.2) is 15.0 Å². The molecule has 3 aromatic heterocycles. The number of rotatable bonds is 0. The van der Waals surface area contributed by atoms with Crippen molar-refractivity contribution in [3.8, 4) is 11.8 Å². The van der Waals surface area contributed by atoms with Gasteiger partial charge in [-0.05, 0) is 42.9 Å². The zero-order valence-electron chi connectivity index (χ0n) is 14.1. The number of pyridine rings is 2. The van der Waals surface area contributed by atoms with E-state index in [1.54, 1.807) is 17.0 Å². The van der Waals surface area contributed by atoms with Crippen LogP contribution in [0.3, 0.4) is 0 Å². The Labute approximate surface area is 145 Å². The lowest BCUT2D eigenvalue weighted by atomic mass is 10.1. The van der Waals surface area contributed by atoms with Crippen molar-refractivity contribution in [2.75, 3.05) is 0 Å². The van der Waals surface area contributed by atoms with Crippen LogP contribution in [-0.4, -0.2) is 19.5 Å². The van der Waals surface area contributed by atoms with Crippen molar-refractivity contribution in [1.29, 1.82) is 0 Å². The summed E-state index contributed by atoms with van der Waals surface area (Å²) in [4.78, 5) is 26.0. The Hall–Kier alpha value is -3.00. The van der Waals surface area contributed by atoms with Crippen molar-refractivity contribution >= 4 is 11.0 Å². The standard InChI is InChI=1S/C20H18N4O/c1-14-5-4-7-18-23-17-11-15(8-9-16-6-2-3-10-21-16)12-22-19(17)20(25)24(18)13-14/h2-3,6,10-12,14H,4-5,7,13H2,1H3. The molecule has 1 unspecified atom stereocenters. The third kappa shape index (κ3) is 3.16. The summed E-state index contributed by atoms with van der Waals surface area (Å²) in [5.74, 6) is 7.40. The van der Waals surface area contributed by atoms with Crippen molar-refractivity contribution in [2.45, 2.75) is 32.7 Å². The maximum absolute atomic E-state index is 12.8. The van der Waals surface area contributed by atoms with Gasteiger partial charge in [0.2, 0.25) is 0 Å². The molecule has 0 aromatic carbocycles. The Morgan fingerprint density at radius 2 is 2.16 bits per heavy atom. The van der Waals surface area contributed by atoms with E-state index in [9.17, 15) is 4.79 Å². The van der Waals surface area contributed by atoms with Gasteiger partial charge >= 0.3 is 0 Å². The summed E-state index contributed by atoms with van der Waals surface area (Å²) in [6.45, 7) is 2.90. The zero-order chi connectivity index (χ0) is 17.2. The minimum Gasteiger partial charge on any atom is -0.295 e. The highest BCUT2D eigenvalue weighted by atomic mass is 16.1. The third-order valence-electron chi connectivity index (χ3n) is 4.47. The molecule has 0 radical (unpaired) electrons. The molecule has 4 heterocycles. The van der Waals surface area contributed by atoms with Crippen LogP contribution in [0.4, 0.5) is 0 Å². The Balaban J connectivity index is 1.78. The van der Waals surface area contributed by atoms with E-state index in [0.29, 0.717) is 22.6 Å². The molecule has 0 spiro atoms. The van der Waals surface area contributed by atoms with E-state index >= 15 is 0 Å². The summed E-state index contributed by atoms with van der Waals surface area (Å²) in [6, 6.07) is 7.45. The number of aryl methyl sites for hydroxylation is 1. The Morgan fingerprint density at radius 1 is 1.24 bits per heavy atom. The maximum Gasteiger partial charge on any atom is 0.280 e. The monoisotopic (exact) mass is 330 g/mol. The van der Waals surface area contributed by atoms with Crippen LogP contribution >= 0.6 is 0 Å². The number of hydrogen-bond acceptors (Lipinski definition) is 4. The number of fused-ring (bicyclic) bond motifs is 2. The van der Waals surface area contributed by atoms with E-state index in [2.05, 4.69) is 28.7 Å². The smallest absolute Gasteiger partial charge is 0.280 e. The molecule has 5 nitrogen and oxygen atoms in total. The molecular weight excluding hydrogens is 312 g/mol. The van der Waals surface area contributed by atoms with Gasteiger partial charge < -0.3 is 0 Å². The predicted octanol–water partition coefficient (Wildman–Crippen LogP) is 2.56. The van der Waals surface area contributed by atoms with Crippen LogP contribution in [0.25, 0.3) is 11.0 Å². The van der Waals surface area contributed by atoms with Crippen molar-refractivity contribution in [2.24, 2.45) is 5.92 Å². The first-order valence-electron chi connectivity index (χ1n) is 8.53. The van der Waals surface area contributed by atoms with Crippen LogP contribution in [0, 0.1) is 17.8 Å². The van der Waals surface area contributed by atoms with Gasteiger partial charge in [-0.2, -0.15) is 0 Å². The van der Waals surface area contributed by atoms with E-state index in [4.69, 9.17) is 4.98 Å². The molecule has 0 fully saturated rings. The lowest BCUT2D eigenvalue weighted by Gasteiger charge is -2.12. The normalized spacial score (nSPS) is 16.6. The molecule has 5 heteroatoms. The SMILES string of the molecule is CC1CCCc2nc3cc(C#Cc4ccccn4)cnc3c(=O)n2C1. The molecule has 1 aliphatic heterocycles. The van der Waals surface area contributed by atoms with E-state index in [0.717, 1.165) is 37.2 Å². The zero-order valence-corrected chi connectivity index (χ0v) is 14.1. The minimum atomic E-state index is -0.0435. The van der Waals surface area contributed by atoms with E-state index in [-0.39, 0.29) is 5.56 Å². The Morgan fingerprint density at radius 3 is 3.00 bits per heavy atom. The molecule has 4 rings (SSSR count). The summed E-state index contributed by atoms with van der Waals surface area (Å²) in [5, 5.41) is 0. The minimum absolute atomic E-state index is 0.0435. The highest BCUT2D eigenvalue weighted by Crippen LogP contribution is 2.18. The first kappa shape index (κ1) is 15.5. The first-order chi connectivity index (χ1) is 12.2. The van der Waals surface area contributed by atoms with Crippen molar-refractivity contribution < 1.29 is 0 Å². The van der Waals surface area contributed by atoms with Crippen LogP contribution in [-0.2, 0) is 13.0 Å². The summed E-state index contributed by atoms with van der Waals surface area (Å²) < 4.78 is 1.80. The second kappa shape index (κ2) is 6.48. The van der Waals surface area contributed by atoms with Crippen LogP contribution in [0.1, 0.15) is 36.8 Å². The fourth-order valence-electron chi connectivity index (χ4n) is 3.18. The van der Waals surface area contributed by atoms with Crippen molar-refractivity contribution in [3.63, 3.8) is 0 Å². The molecule has 25 heavy (non-hydrogen) atoms. The number of hydrogen-bond donors (Lipinski definition) is 0. The molecular formula is C20H18N4O. The number of aromatic nitrogens is 4. The van der Waals surface area contributed by atoms with Gasteiger partial charge in [0.25, 0.3) is 5.56 Å². The van der Waals surface area contributed by atoms with E-state index in [1.165, 1.54) is 0 Å². The lowest BCUT2D eigenvalue weighted by molar-refractivity contribution is 0.457. The van der Waals surface area contributed by atoms with Gasteiger partial charge in [-0.1, -0.05) is 18.9 Å². The van der Waals surface area contributed by atoms with Crippen molar-refractivity contribution in [1.82, 2.24) is 19.5 Å². The maximum atomic E-state index is 12.8. The average molecular weight is 330 g/mol. The summed E-state index contributed by atoms with van der Waals surface area (Å²) in [5.41, 5.74) is 2.43. The van der Waals surface area contributed by atoms with Gasteiger partial charge in [-0.15, -0.1) is 0 Å². The molecule has 0 saturated carbocycles. The lowest BCUT2D eigenvalue weighted by Crippen LogP contribution is -2.27. The van der Waals surface area contributed by atoms with Gasteiger partial charge in [0, 0.05) is 30.9 Å². The molecule has 0 aliphatic carbocycles. The molecule has 3 aromatic rings. The first-order valence-corrected chi connectivity index (χ1v) is 8.53. The summed E-state index contributed by atoms with van der Waals surface area (Å²) in [6.07, 6.45) is 6.36. The highest BCUT2D eigenvalue weighted by molar-refractivity contribution is 5.74. The van der Waals surface area contributed by atoms with Gasteiger partial charge in [-0.3, -0.25) is 9.36 Å². The number of nitrogens with zero attached hydrogens (tertiary/aromatic N) is 4. The summed E-state index contributed by atoms with van der Waals surface area (Å²) in [7, 11) is 0. The van der Waals surface area contributed by atoms with Gasteiger partial charge in [0.05, 0.1) is 5.52 Å². The molecule has 124 valence electrons. The van der Waals surface area contributed by atoms with E-state index < -0.39 is 0 Å². The van der Waals surface area contributed by atoms with Crippen molar-refractivity contribution in [3.05, 3.63) is 64.1 Å². The Kier molecular flexibility index (Phi) is 4.02. The second-order valence-corrected chi connectivity index (χ2v) is 6.50. The van der Waals surface area contributed by atoms with Gasteiger partial charge in [0.1, 0.15) is 11.5 Å². The fourth-order valence-corrected chi connectivity index (χ4v) is 3.18. The fraction of sp³-hybridized carbons (Fsp3) is 0.300. The van der Waals surface area contributed by atoms with E-state index in [1.807, 2.05) is 24.3 Å². The summed E-state index contributed by atoms with van der Waals surface area (Å²) >= 11 is 0. The predicted molar refractivity (Wildman–Crippen MR) is 96.1 cm³/mol. The average Bonchev–Trinajstić information content (AvgIpc) is 2.82. The molecule has 1 aliphatic rings. The highest BCUT2D eigenvalue weighted by Gasteiger charge is 2.17. The molecule has 1 atom stereocenters. The molecule has 0 saturated heterocycles. The topological polar surface area (TPSA) is 60.7 Å². The van der Waals surface area contributed by atoms with Crippen LogP contribution in [0.15, 0.2) is 41.5 Å². The Bertz CT molecular complexity index is 1040. The molecule has 0 bridgehead atoms. The van der Waals surface area contributed by atoms with Crippen LogP contribution in [0.2, 0.25) is 0 Å². The van der Waals surface area contributed by atoms with Crippen LogP contribution < -0.4 is 5.56 Å². The second-order valence-electron chi connectivity index (χ2n) is 6.50. The quantitative estimate of drug-likeness (QED) is 0.594. The molecule has 0 amide bonds. The molecule has 0 N–H and O–H groups in total. The third-order valence-corrected chi connectivity index (χ3v) is 4.47.